The van der Waals surface area contributed by atoms with E-state index in [0.717, 1.165) is 32.1 Å². The van der Waals surface area contributed by atoms with Crippen LogP contribution in [0.3, 0.4) is 0 Å². The lowest BCUT2D eigenvalue weighted by atomic mass is 9.33. The van der Waals surface area contributed by atoms with E-state index in [-0.39, 0.29) is 51.1 Å². The minimum atomic E-state index is -0.608. The molecule has 4 aliphatic carbocycles. The first-order valence-corrected chi connectivity index (χ1v) is 18.7. The quantitative estimate of drug-likeness (QED) is 0.276. The number of aromatic nitrogens is 2. The Balaban J connectivity index is 1.47. The van der Waals surface area contributed by atoms with Gasteiger partial charge in [0.25, 0.3) is 0 Å². The molecule has 0 radical (unpaired) electrons. The van der Waals surface area contributed by atoms with Crippen LogP contribution in [-0.2, 0) is 14.3 Å². The van der Waals surface area contributed by atoms with E-state index in [1.807, 2.05) is 12.3 Å². The lowest BCUT2D eigenvalue weighted by Gasteiger charge is -2.72. The van der Waals surface area contributed by atoms with Crippen LogP contribution in [0, 0.1) is 68.5 Å². The van der Waals surface area contributed by atoms with Crippen molar-refractivity contribution in [3.05, 3.63) is 30.1 Å². The predicted molar refractivity (Wildman–Crippen MR) is 187 cm³/mol. The molecule has 1 aromatic rings. The SMILES string of the molecule is CC(C)[C@@H](C)[C@@]1(C)CC[C@]2(C)[C@H]3CC[C@H]4[C@]5(C)COC[C@]4(C3=CC[C@@]2(C)[C@@H]1C(=O)O)[C@H](C)[C@@H](n1cccn1)[C@@H]5OC[C@](C)(N)C(C)C. The molecule has 2 bridgehead atoms. The highest BCUT2D eigenvalue weighted by atomic mass is 16.5. The van der Waals surface area contributed by atoms with Crippen molar-refractivity contribution in [1.82, 2.24) is 9.78 Å². The lowest BCUT2D eigenvalue weighted by molar-refractivity contribution is -0.271. The first kappa shape index (κ1) is 35.1. The first-order valence-electron chi connectivity index (χ1n) is 18.7. The van der Waals surface area contributed by atoms with E-state index in [1.165, 1.54) is 0 Å². The number of hydrogen-bond donors (Lipinski definition) is 2. The molecule has 13 atom stereocenters. The maximum Gasteiger partial charge on any atom is 0.307 e. The topological polar surface area (TPSA) is 99.6 Å². The van der Waals surface area contributed by atoms with E-state index >= 15 is 0 Å². The van der Waals surface area contributed by atoms with Crippen LogP contribution in [0.15, 0.2) is 30.1 Å². The molecule has 5 aliphatic rings. The number of nitrogens with zero attached hydrogens (tertiary/aromatic N) is 2. The van der Waals surface area contributed by atoms with Gasteiger partial charge in [-0.05, 0) is 96.8 Å². The Morgan fingerprint density at radius 3 is 2.43 bits per heavy atom. The molecular formula is C40H65N3O4. The number of allylic oxidation sites excluding steroid dienone is 1. The van der Waals surface area contributed by atoms with E-state index in [1.54, 1.807) is 5.57 Å². The second kappa shape index (κ2) is 11.4. The van der Waals surface area contributed by atoms with Gasteiger partial charge in [-0.15, -0.1) is 0 Å². The summed E-state index contributed by atoms with van der Waals surface area (Å²) in [6.45, 7) is 27.1. The number of carboxylic acid groups (broad SMARTS) is 1. The summed E-state index contributed by atoms with van der Waals surface area (Å²) in [5, 5.41) is 15.9. The van der Waals surface area contributed by atoms with Gasteiger partial charge < -0.3 is 20.3 Å². The van der Waals surface area contributed by atoms with Gasteiger partial charge >= 0.3 is 5.97 Å². The Hall–Kier alpha value is -1.70. The molecule has 6 rings (SSSR count). The molecule has 264 valence electrons. The summed E-state index contributed by atoms with van der Waals surface area (Å²) in [7, 11) is 0. The Morgan fingerprint density at radius 2 is 1.83 bits per heavy atom. The van der Waals surface area contributed by atoms with Crippen LogP contribution in [-0.4, -0.2) is 52.3 Å². The highest BCUT2D eigenvalue weighted by molar-refractivity contribution is 5.73. The zero-order chi connectivity index (χ0) is 34.5. The number of ether oxygens (including phenoxy) is 2. The first-order chi connectivity index (χ1) is 21.8. The van der Waals surface area contributed by atoms with Crippen molar-refractivity contribution in [2.24, 2.45) is 74.2 Å². The summed E-state index contributed by atoms with van der Waals surface area (Å²) in [6, 6.07) is 2.06. The summed E-state index contributed by atoms with van der Waals surface area (Å²) in [4.78, 5) is 13.5. The lowest BCUT2D eigenvalue weighted by Crippen LogP contribution is -2.71. The smallest absolute Gasteiger partial charge is 0.307 e. The highest BCUT2D eigenvalue weighted by Crippen LogP contribution is 2.76. The average molecular weight is 652 g/mol. The molecule has 1 saturated heterocycles. The van der Waals surface area contributed by atoms with E-state index in [2.05, 4.69) is 93.1 Å². The van der Waals surface area contributed by atoms with Crippen LogP contribution in [0.4, 0.5) is 0 Å². The van der Waals surface area contributed by atoms with E-state index in [0.29, 0.717) is 43.5 Å². The van der Waals surface area contributed by atoms with Gasteiger partial charge in [0.1, 0.15) is 0 Å². The van der Waals surface area contributed by atoms with Gasteiger partial charge in [-0.2, -0.15) is 5.10 Å². The summed E-state index contributed by atoms with van der Waals surface area (Å²) in [5.74, 6) is 0.991. The maximum absolute atomic E-state index is 13.5. The minimum absolute atomic E-state index is 0.0344. The number of nitrogens with two attached hydrogens (primary N) is 1. The molecule has 3 N–H and O–H groups in total. The fraction of sp³-hybridized carbons (Fsp3) is 0.850. The van der Waals surface area contributed by atoms with Crippen molar-refractivity contribution >= 4 is 5.97 Å². The molecule has 0 aromatic carbocycles. The summed E-state index contributed by atoms with van der Waals surface area (Å²) >= 11 is 0. The van der Waals surface area contributed by atoms with Crippen molar-refractivity contribution in [3.63, 3.8) is 0 Å². The van der Waals surface area contributed by atoms with Crippen LogP contribution in [0.2, 0.25) is 0 Å². The third-order valence-corrected chi connectivity index (χ3v) is 16.4. The minimum Gasteiger partial charge on any atom is -0.481 e. The van der Waals surface area contributed by atoms with Gasteiger partial charge in [-0.25, -0.2) is 0 Å². The van der Waals surface area contributed by atoms with Crippen LogP contribution >= 0.6 is 0 Å². The maximum atomic E-state index is 13.5. The summed E-state index contributed by atoms with van der Waals surface area (Å²) in [5.41, 5.74) is 6.85. The fourth-order valence-electron chi connectivity index (χ4n) is 12.5. The molecule has 4 fully saturated rings. The molecule has 0 amide bonds. The van der Waals surface area contributed by atoms with Crippen molar-refractivity contribution in [3.8, 4) is 0 Å². The monoisotopic (exact) mass is 651 g/mol. The average Bonchev–Trinajstić information content (AvgIpc) is 3.52. The fourth-order valence-corrected chi connectivity index (χ4v) is 12.5. The van der Waals surface area contributed by atoms with Crippen LogP contribution in [0.5, 0.6) is 0 Å². The normalized spacial score (nSPS) is 46.6. The van der Waals surface area contributed by atoms with Crippen molar-refractivity contribution in [2.75, 3.05) is 19.8 Å². The molecule has 2 heterocycles. The molecule has 1 aromatic heterocycles. The number of fused-ring (bicyclic) bond motifs is 3. The van der Waals surface area contributed by atoms with Crippen molar-refractivity contribution < 1.29 is 19.4 Å². The third kappa shape index (κ3) is 4.67. The molecule has 7 nitrogen and oxygen atoms in total. The van der Waals surface area contributed by atoms with Gasteiger partial charge in [0, 0.05) is 28.8 Å². The van der Waals surface area contributed by atoms with E-state index in [4.69, 9.17) is 20.3 Å². The molecule has 47 heavy (non-hydrogen) atoms. The number of rotatable bonds is 8. The molecular weight excluding hydrogens is 586 g/mol. The molecule has 0 unspecified atom stereocenters. The van der Waals surface area contributed by atoms with Gasteiger partial charge in [-0.3, -0.25) is 9.48 Å². The molecule has 7 heteroatoms. The Labute approximate surface area is 284 Å². The van der Waals surface area contributed by atoms with Gasteiger partial charge in [0.05, 0.1) is 37.9 Å². The Morgan fingerprint density at radius 1 is 1.13 bits per heavy atom. The second-order valence-corrected chi connectivity index (χ2v) is 18.9. The molecule has 1 aliphatic heterocycles. The van der Waals surface area contributed by atoms with Crippen molar-refractivity contribution in [2.45, 2.75) is 126 Å². The van der Waals surface area contributed by atoms with Crippen LogP contribution in [0.1, 0.15) is 114 Å². The van der Waals surface area contributed by atoms with Gasteiger partial charge in [-0.1, -0.05) is 80.9 Å². The predicted octanol–water partition coefficient (Wildman–Crippen LogP) is 8.02. The van der Waals surface area contributed by atoms with E-state index in [9.17, 15) is 9.90 Å². The third-order valence-electron chi connectivity index (χ3n) is 16.4. The number of carbonyl (C=O) groups is 1. The van der Waals surface area contributed by atoms with Gasteiger partial charge in [0.2, 0.25) is 0 Å². The summed E-state index contributed by atoms with van der Waals surface area (Å²) < 4.78 is 16.0. The van der Waals surface area contributed by atoms with E-state index < -0.39 is 17.4 Å². The largest absolute Gasteiger partial charge is 0.481 e. The zero-order valence-electron chi connectivity index (χ0n) is 31.3. The number of carboxylic acids is 1. The van der Waals surface area contributed by atoms with Crippen LogP contribution in [0.25, 0.3) is 0 Å². The highest BCUT2D eigenvalue weighted by Gasteiger charge is 2.73. The Kier molecular flexibility index (Phi) is 8.53. The van der Waals surface area contributed by atoms with Gasteiger partial charge in [0.15, 0.2) is 0 Å². The number of aliphatic carboxylic acids is 1. The van der Waals surface area contributed by atoms with Crippen molar-refractivity contribution in [1.29, 1.82) is 0 Å². The standard InChI is InChI=1S/C40H65N3O4/c1-24(2)26(5)35(7)17-18-37(9)28-13-14-30-36(8)21-46-23-40(30,29(28)15-16-38(37,10)32(35)34(44)45)27(6)31(43-20-12-19-42-43)33(36)47-22-39(11,41)25(3)4/h12,15,19-20,24-28,30-33H,13-14,16-18,21-23,41H2,1-11H3,(H,44,45)/t26-,27-,28+,30+,31-,32-,33+,35-,36+,37-,38+,39+,40-/m1/s1. The summed E-state index contributed by atoms with van der Waals surface area (Å²) in [6.07, 6.45) is 11.5. The zero-order valence-corrected chi connectivity index (χ0v) is 31.3. The number of hydrogen-bond acceptors (Lipinski definition) is 5. The molecule has 0 spiro atoms. The second-order valence-electron chi connectivity index (χ2n) is 18.9. The molecule has 3 saturated carbocycles. The Bertz CT molecular complexity index is 1370. The van der Waals surface area contributed by atoms with Crippen LogP contribution < -0.4 is 5.73 Å².